The summed E-state index contributed by atoms with van der Waals surface area (Å²) in [4.78, 5) is 9.58. The standard InChI is InChI=1S/C12H17N3O5S/c1-2-3-4-10(8-16)14-9-5-6-12(21(13,19)20)11(7-9)15(17)18/h2-3,5-7,10,14,16H,4,8H2,1H3,(H2,13,19,20)/b3-2+. The van der Waals surface area contributed by atoms with Crippen molar-refractivity contribution in [3.8, 4) is 0 Å². The molecule has 1 atom stereocenters. The maximum atomic E-state index is 11.3. The van der Waals surface area contributed by atoms with E-state index in [1.54, 1.807) is 0 Å². The monoisotopic (exact) mass is 315 g/mol. The van der Waals surface area contributed by atoms with Gasteiger partial charge in [0.15, 0.2) is 4.90 Å². The van der Waals surface area contributed by atoms with Gasteiger partial charge in [0.2, 0.25) is 10.0 Å². The third-order valence-corrected chi connectivity index (χ3v) is 3.67. The first-order valence-electron chi connectivity index (χ1n) is 6.09. The summed E-state index contributed by atoms with van der Waals surface area (Å²) in [5.41, 5.74) is -0.275. The summed E-state index contributed by atoms with van der Waals surface area (Å²) in [7, 11) is -4.17. The Morgan fingerprint density at radius 3 is 2.67 bits per heavy atom. The van der Waals surface area contributed by atoms with E-state index in [-0.39, 0.29) is 12.6 Å². The summed E-state index contributed by atoms with van der Waals surface area (Å²) in [5, 5.41) is 28.0. The van der Waals surface area contributed by atoms with Crippen molar-refractivity contribution < 1.29 is 18.4 Å². The van der Waals surface area contributed by atoms with Gasteiger partial charge in [-0.05, 0) is 25.5 Å². The largest absolute Gasteiger partial charge is 0.394 e. The molecule has 0 bridgehead atoms. The number of nitrogens with zero attached hydrogens (tertiary/aromatic N) is 1. The molecule has 8 nitrogen and oxygen atoms in total. The molecular weight excluding hydrogens is 298 g/mol. The summed E-state index contributed by atoms with van der Waals surface area (Å²) >= 11 is 0. The van der Waals surface area contributed by atoms with Crippen LogP contribution in [0, 0.1) is 10.1 Å². The molecule has 21 heavy (non-hydrogen) atoms. The zero-order chi connectivity index (χ0) is 16.0. The fraction of sp³-hybridized carbons (Fsp3) is 0.333. The number of aliphatic hydroxyl groups is 1. The molecule has 0 saturated heterocycles. The smallest absolute Gasteiger partial charge is 0.291 e. The number of benzene rings is 1. The number of hydrogen-bond donors (Lipinski definition) is 3. The van der Waals surface area contributed by atoms with Crippen LogP contribution in [-0.4, -0.2) is 31.1 Å². The summed E-state index contributed by atoms with van der Waals surface area (Å²) in [6, 6.07) is 3.18. The lowest BCUT2D eigenvalue weighted by molar-refractivity contribution is -0.387. The molecule has 1 aromatic rings. The Kier molecular flexibility index (Phi) is 5.82. The number of nitro groups is 1. The minimum atomic E-state index is -4.17. The van der Waals surface area contributed by atoms with Crippen LogP contribution in [-0.2, 0) is 10.0 Å². The Hall–Kier alpha value is -1.97. The van der Waals surface area contributed by atoms with Gasteiger partial charge in [-0.3, -0.25) is 10.1 Å². The molecule has 116 valence electrons. The fourth-order valence-corrected chi connectivity index (χ4v) is 2.39. The Balaban J connectivity index is 3.11. The number of primary sulfonamides is 1. The van der Waals surface area contributed by atoms with Gasteiger partial charge in [-0.2, -0.15) is 0 Å². The molecule has 0 aliphatic heterocycles. The van der Waals surface area contributed by atoms with Crippen LogP contribution in [0.25, 0.3) is 0 Å². The lowest BCUT2D eigenvalue weighted by atomic mass is 10.2. The molecule has 0 radical (unpaired) electrons. The van der Waals surface area contributed by atoms with Gasteiger partial charge in [-0.25, -0.2) is 13.6 Å². The molecule has 0 saturated carbocycles. The van der Waals surface area contributed by atoms with Crippen molar-refractivity contribution in [3.63, 3.8) is 0 Å². The Morgan fingerprint density at radius 2 is 2.19 bits per heavy atom. The number of nitrogens with two attached hydrogens (primary N) is 1. The highest BCUT2D eigenvalue weighted by Crippen LogP contribution is 2.26. The van der Waals surface area contributed by atoms with E-state index < -0.39 is 25.5 Å². The molecule has 0 spiro atoms. The van der Waals surface area contributed by atoms with E-state index in [4.69, 9.17) is 5.14 Å². The molecule has 1 rings (SSSR count). The number of allylic oxidation sites excluding steroid dienone is 1. The van der Waals surface area contributed by atoms with Crippen LogP contribution < -0.4 is 10.5 Å². The number of nitrogens with one attached hydrogen (secondary N) is 1. The lowest BCUT2D eigenvalue weighted by Crippen LogP contribution is -2.23. The second-order valence-electron chi connectivity index (χ2n) is 4.31. The van der Waals surface area contributed by atoms with Crippen molar-refractivity contribution in [2.24, 2.45) is 5.14 Å². The van der Waals surface area contributed by atoms with Crippen molar-refractivity contribution >= 4 is 21.4 Å². The van der Waals surface area contributed by atoms with Crippen molar-refractivity contribution in [1.82, 2.24) is 0 Å². The normalized spacial score (nSPS) is 13.3. The highest BCUT2D eigenvalue weighted by atomic mass is 32.2. The lowest BCUT2D eigenvalue weighted by Gasteiger charge is -2.16. The second kappa shape index (κ2) is 7.16. The molecule has 4 N–H and O–H groups in total. The second-order valence-corrected chi connectivity index (χ2v) is 5.84. The Labute approximate surface area is 122 Å². The first-order chi connectivity index (χ1) is 9.79. The van der Waals surface area contributed by atoms with E-state index in [0.717, 1.165) is 12.1 Å². The first kappa shape index (κ1) is 17.1. The molecule has 9 heteroatoms. The molecule has 0 aliphatic rings. The maximum absolute atomic E-state index is 11.3. The zero-order valence-electron chi connectivity index (χ0n) is 11.4. The van der Waals surface area contributed by atoms with Gasteiger partial charge in [0, 0.05) is 11.8 Å². The van der Waals surface area contributed by atoms with E-state index in [9.17, 15) is 23.6 Å². The minimum absolute atomic E-state index is 0.172. The maximum Gasteiger partial charge on any atom is 0.291 e. The van der Waals surface area contributed by atoms with Gasteiger partial charge in [0.05, 0.1) is 17.6 Å². The third kappa shape index (κ3) is 4.81. The minimum Gasteiger partial charge on any atom is -0.394 e. The molecule has 0 aliphatic carbocycles. The summed E-state index contributed by atoms with van der Waals surface area (Å²) in [5.74, 6) is 0. The Bertz CT molecular complexity index is 642. The first-order valence-corrected chi connectivity index (χ1v) is 7.64. The van der Waals surface area contributed by atoms with Crippen LogP contribution in [0.4, 0.5) is 11.4 Å². The Morgan fingerprint density at radius 1 is 1.52 bits per heavy atom. The average molecular weight is 315 g/mol. The van der Waals surface area contributed by atoms with Gasteiger partial charge in [0.1, 0.15) is 0 Å². The molecular formula is C12H17N3O5S. The van der Waals surface area contributed by atoms with E-state index in [1.807, 2.05) is 19.1 Å². The van der Waals surface area contributed by atoms with Gasteiger partial charge in [-0.15, -0.1) is 0 Å². The molecule has 1 aromatic carbocycles. The predicted molar refractivity (Wildman–Crippen MR) is 78.4 cm³/mol. The van der Waals surface area contributed by atoms with Crippen LogP contribution in [0.3, 0.4) is 0 Å². The fourth-order valence-electron chi connectivity index (χ4n) is 1.71. The number of anilines is 1. The van der Waals surface area contributed by atoms with Crippen LogP contribution in [0.15, 0.2) is 35.2 Å². The van der Waals surface area contributed by atoms with E-state index in [1.165, 1.54) is 6.07 Å². The highest BCUT2D eigenvalue weighted by molar-refractivity contribution is 7.89. The van der Waals surface area contributed by atoms with E-state index >= 15 is 0 Å². The highest BCUT2D eigenvalue weighted by Gasteiger charge is 2.23. The number of hydrogen-bond acceptors (Lipinski definition) is 6. The van der Waals surface area contributed by atoms with Crippen LogP contribution >= 0.6 is 0 Å². The number of rotatable bonds is 7. The van der Waals surface area contributed by atoms with Crippen LogP contribution in [0.5, 0.6) is 0 Å². The predicted octanol–water partition coefficient (Wildman–Crippen LogP) is 0.981. The van der Waals surface area contributed by atoms with Gasteiger partial charge >= 0.3 is 0 Å². The molecule has 0 heterocycles. The molecule has 0 amide bonds. The third-order valence-electron chi connectivity index (χ3n) is 2.71. The SMILES string of the molecule is C/C=C/CC(CO)Nc1ccc(S(N)(=O)=O)c([N+](=O)[O-])c1. The number of nitro benzene ring substituents is 1. The zero-order valence-corrected chi connectivity index (χ0v) is 12.2. The summed E-state index contributed by atoms with van der Waals surface area (Å²) in [6.07, 6.45) is 4.18. The van der Waals surface area contributed by atoms with Crippen molar-refractivity contribution in [1.29, 1.82) is 0 Å². The number of sulfonamides is 1. The van der Waals surface area contributed by atoms with Crippen molar-refractivity contribution in [3.05, 3.63) is 40.5 Å². The van der Waals surface area contributed by atoms with Crippen molar-refractivity contribution in [2.45, 2.75) is 24.3 Å². The quantitative estimate of drug-likeness (QED) is 0.390. The van der Waals surface area contributed by atoms with Crippen LogP contribution in [0.1, 0.15) is 13.3 Å². The van der Waals surface area contributed by atoms with Gasteiger partial charge < -0.3 is 10.4 Å². The van der Waals surface area contributed by atoms with E-state index in [2.05, 4.69) is 5.32 Å². The molecule has 0 aromatic heterocycles. The van der Waals surface area contributed by atoms with E-state index in [0.29, 0.717) is 12.1 Å². The topological polar surface area (TPSA) is 136 Å². The van der Waals surface area contributed by atoms with Gasteiger partial charge in [0.25, 0.3) is 5.69 Å². The molecule has 0 fully saturated rings. The number of aliphatic hydroxyl groups excluding tert-OH is 1. The average Bonchev–Trinajstić information content (AvgIpc) is 2.42. The summed E-state index contributed by atoms with van der Waals surface area (Å²) in [6.45, 7) is 1.66. The van der Waals surface area contributed by atoms with Gasteiger partial charge in [-0.1, -0.05) is 12.2 Å². The van der Waals surface area contributed by atoms with Crippen LogP contribution in [0.2, 0.25) is 0 Å². The van der Waals surface area contributed by atoms with Crippen molar-refractivity contribution in [2.75, 3.05) is 11.9 Å². The molecule has 1 unspecified atom stereocenters. The summed E-state index contributed by atoms with van der Waals surface area (Å²) < 4.78 is 22.6.